The van der Waals surface area contributed by atoms with Crippen molar-refractivity contribution in [3.05, 3.63) is 42.4 Å². The van der Waals surface area contributed by atoms with Crippen LogP contribution in [0.5, 0.6) is 0 Å². The smallest absolute Gasteiger partial charge is 0.399 e. The summed E-state index contributed by atoms with van der Waals surface area (Å²) in [5.41, 5.74) is 3.29. The number of rotatable bonds is 2. The van der Waals surface area contributed by atoms with Crippen LogP contribution in [0.15, 0.2) is 36.8 Å². The Morgan fingerprint density at radius 3 is 2.18 bits per heavy atom. The van der Waals surface area contributed by atoms with E-state index in [1.165, 1.54) is 0 Å². The Balaban J connectivity index is 1.84. The summed E-state index contributed by atoms with van der Waals surface area (Å²) in [5.74, 6) is 0. The molecule has 0 unspecified atom stereocenters. The van der Waals surface area contributed by atoms with Gasteiger partial charge in [-0.1, -0.05) is 6.07 Å². The molecule has 5 heteroatoms. The van der Waals surface area contributed by atoms with Crippen LogP contribution in [0.4, 0.5) is 0 Å². The Morgan fingerprint density at radius 2 is 1.64 bits per heavy atom. The molecule has 22 heavy (non-hydrogen) atoms. The van der Waals surface area contributed by atoms with E-state index in [1.54, 1.807) is 0 Å². The fourth-order valence-corrected chi connectivity index (χ4v) is 2.39. The van der Waals surface area contributed by atoms with Crippen LogP contribution in [0.1, 0.15) is 33.3 Å². The molecule has 3 rings (SSSR count). The third-order valence-electron chi connectivity index (χ3n) is 4.48. The van der Waals surface area contributed by atoms with Gasteiger partial charge in [-0.3, -0.25) is 9.97 Å². The Hall–Kier alpha value is -1.72. The average molecular weight is 296 g/mol. The summed E-state index contributed by atoms with van der Waals surface area (Å²) in [4.78, 5) is 8.74. The quantitative estimate of drug-likeness (QED) is 0.799. The molecule has 0 atom stereocenters. The second-order valence-electron chi connectivity index (χ2n) is 6.82. The van der Waals surface area contributed by atoms with E-state index < -0.39 is 0 Å². The van der Waals surface area contributed by atoms with Gasteiger partial charge in [-0.25, -0.2) is 0 Å². The second-order valence-corrected chi connectivity index (χ2v) is 6.82. The molecule has 1 aliphatic heterocycles. The minimum absolute atomic E-state index is 0.337. The van der Waals surface area contributed by atoms with Crippen LogP contribution in [0.25, 0.3) is 11.3 Å². The molecular formula is C17H21BN2O2. The highest BCUT2D eigenvalue weighted by atomic mass is 16.7. The number of hydrogen-bond acceptors (Lipinski definition) is 4. The Labute approximate surface area is 132 Å². The Morgan fingerprint density at radius 1 is 0.955 bits per heavy atom. The Bertz CT molecular complexity index is 667. The van der Waals surface area contributed by atoms with Crippen LogP contribution in [0.2, 0.25) is 0 Å². The number of nitrogens with zero attached hydrogens (tertiary/aromatic N) is 2. The van der Waals surface area contributed by atoms with Crippen LogP contribution in [-0.2, 0) is 9.31 Å². The van der Waals surface area contributed by atoms with Gasteiger partial charge in [0.15, 0.2) is 0 Å². The first-order valence-corrected chi connectivity index (χ1v) is 7.52. The SMILES string of the molecule is Cc1cncc(-c2ccc(B3OC(C)(C)C(C)(C)O3)cn2)c1. The molecule has 0 N–H and O–H groups in total. The molecule has 1 fully saturated rings. The van der Waals surface area contributed by atoms with Crippen LogP contribution in [0, 0.1) is 6.92 Å². The van der Waals surface area contributed by atoms with Crippen molar-refractivity contribution in [2.24, 2.45) is 0 Å². The summed E-state index contributed by atoms with van der Waals surface area (Å²) in [6.45, 7) is 10.2. The monoisotopic (exact) mass is 296 g/mol. The lowest BCUT2D eigenvalue weighted by Gasteiger charge is -2.32. The maximum absolute atomic E-state index is 6.04. The number of pyridine rings is 2. The fourth-order valence-electron chi connectivity index (χ4n) is 2.39. The predicted molar refractivity (Wildman–Crippen MR) is 87.9 cm³/mol. The lowest BCUT2D eigenvalue weighted by Crippen LogP contribution is -2.41. The summed E-state index contributed by atoms with van der Waals surface area (Å²) in [6.07, 6.45) is 5.48. The molecule has 0 saturated carbocycles. The van der Waals surface area contributed by atoms with E-state index in [-0.39, 0.29) is 18.3 Å². The average Bonchev–Trinajstić information content (AvgIpc) is 2.68. The highest BCUT2D eigenvalue weighted by molar-refractivity contribution is 6.62. The summed E-state index contributed by atoms with van der Waals surface area (Å²) < 4.78 is 12.1. The summed E-state index contributed by atoms with van der Waals surface area (Å²) in [6, 6.07) is 6.06. The molecule has 4 nitrogen and oxygen atoms in total. The largest absolute Gasteiger partial charge is 0.496 e. The predicted octanol–water partition coefficient (Wildman–Crippen LogP) is 2.75. The number of aryl methyl sites for hydroxylation is 1. The van der Waals surface area contributed by atoms with E-state index in [4.69, 9.17) is 9.31 Å². The van der Waals surface area contributed by atoms with Crippen molar-refractivity contribution in [1.29, 1.82) is 0 Å². The van der Waals surface area contributed by atoms with Crippen molar-refractivity contribution in [2.75, 3.05) is 0 Å². The van der Waals surface area contributed by atoms with Crippen molar-refractivity contribution in [3.63, 3.8) is 0 Å². The molecule has 0 radical (unpaired) electrons. The zero-order valence-corrected chi connectivity index (χ0v) is 13.8. The lowest BCUT2D eigenvalue weighted by molar-refractivity contribution is 0.00578. The summed E-state index contributed by atoms with van der Waals surface area (Å²) >= 11 is 0. The van der Waals surface area contributed by atoms with Crippen molar-refractivity contribution in [2.45, 2.75) is 45.8 Å². The molecule has 2 aromatic heterocycles. The van der Waals surface area contributed by atoms with E-state index >= 15 is 0 Å². The van der Waals surface area contributed by atoms with Gasteiger partial charge in [0.25, 0.3) is 0 Å². The van der Waals surface area contributed by atoms with Gasteiger partial charge in [-0.15, -0.1) is 0 Å². The van der Waals surface area contributed by atoms with Gasteiger partial charge >= 0.3 is 7.12 Å². The first-order chi connectivity index (χ1) is 10.3. The van der Waals surface area contributed by atoms with Crippen molar-refractivity contribution in [1.82, 2.24) is 9.97 Å². The maximum Gasteiger partial charge on any atom is 0.496 e. The number of hydrogen-bond donors (Lipinski definition) is 0. The van der Waals surface area contributed by atoms with Crippen LogP contribution < -0.4 is 5.46 Å². The normalized spacial score (nSPS) is 19.4. The first kappa shape index (κ1) is 15.2. The lowest BCUT2D eigenvalue weighted by atomic mass is 9.80. The zero-order valence-electron chi connectivity index (χ0n) is 13.8. The molecule has 2 aromatic rings. The molecular weight excluding hydrogens is 275 g/mol. The van der Waals surface area contributed by atoms with Gasteiger partial charge in [0.05, 0.1) is 16.9 Å². The van der Waals surface area contributed by atoms with Crippen molar-refractivity contribution >= 4 is 12.6 Å². The topological polar surface area (TPSA) is 44.2 Å². The maximum atomic E-state index is 6.04. The van der Waals surface area contributed by atoms with E-state index in [9.17, 15) is 0 Å². The molecule has 1 aliphatic rings. The first-order valence-electron chi connectivity index (χ1n) is 7.52. The summed E-state index contributed by atoms with van der Waals surface area (Å²) in [5, 5.41) is 0. The van der Waals surface area contributed by atoms with Gasteiger partial charge in [-0.2, -0.15) is 0 Å². The fraction of sp³-hybridized carbons (Fsp3) is 0.412. The van der Waals surface area contributed by atoms with Gasteiger partial charge in [-0.05, 0) is 52.3 Å². The third-order valence-corrected chi connectivity index (χ3v) is 4.48. The molecule has 1 saturated heterocycles. The van der Waals surface area contributed by atoms with Crippen molar-refractivity contribution in [3.8, 4) is 11.3 Å². The molecule has 0 spiro atoms. The van der Waals surface area contributed by atoms with E-state index in [2.05, 4.69) is 16.0 Å². The van der Waals surface area contributed by atoms with Crippen LogP contribution in [0.3, 0.4) is 0 Å². The standard InChI is InChI=1S/C17H21BN2O2/c1-12-8-13(10-19-9-12)15-7-6-14(11-20-15)18-21-16(2,3)17(4,5)22-18/h6-11H,1-5H3. The highest BCUT2D eigenvalue weighted by Gasteiger charge is 2.51. The van der Waals surface area contributed by atoms with Crippen LogP contribution >= 0.6 is 0 Å². The molecule has 0 aliphatic carbocycles. The Kier molecular flexibility index (Phi) is 3.58. The van der Waals surface area contributed by atoms with Crippen molar-refractivity contribution < 1.29 is 9.31 Å². The summed E-state index contributed by atoms with van der Waals surface area (Å²) in [7, 11) is -0.373. The second kappa shape index (κ2) is 5.18. The van der Waals surface area contributed by atoms with Gasteiger partial charge < -0.3 is 9.31 Å². The van der Waals surface area contributed by atoms with Gasteiger partial charge in [0, 0.05) is 29.6 Å². The minimum Gasteiger partial charge on any atom is -0.399 e. The van der Waals surface area contributed by atoms with E-state index in [0.717, 1.165) is 22.3 Å². The van der Waals surface area contributed by atoms with Crippen LogP contribution in [-0.4, -0.2) is 28.3 Å². The minimum atomic E-state index is -0.373. The zero-order chi connectivity index (χ0) is 16.0. The van der Waals surface area contributed by atoms with Gasteiger partial charge in [0.1, 0.15) is 0 Å². The molecule has 0 amide bonds. The molecule has 114 valence electrons. The van der Waals surface area contributed by atoms with E-state index in [1.807, 2.05) is 65.3 Å². The number of aromatic nitrogens is 2. The highest BCUT2D eigenvalue weighted by Crippen LogP contribution is 2.36. The third kappa shape index (κ3) is 2.66. The molecule has 3 heterocycles. The van der Waals surface area contributed by atoms with E-state index in [0.29, 0.717) is 0 Å². The molecule has 0 aromatic carbocycles. The van der Waals surface area contributed by atoms with Gasteiger partial charge in [0.2, 0.25) is 0 Å². The molecule has 0 bridgehead atoms.